The molecule has 21 heteroatoms. The third-order valence-electron chi connectivity index (χ3n) is 17.7. The summed E-state index contributed by atoms with van der Waals surface area (Å²) in [6.07, 6.45) is 3.39. The molecule has 4 aromatic carbocycles. The van der Waals surface area contributed by atoms with Crippen molar-refractivity contribution in [3.8, 4) is 22.8 Å². The quantitative estimate of drug-likeness (QED) is 0.0807. The Morgan fingerprint density at radius 1 is 0.851 bits per heavy atom. The molecule has 4 amide bonds. The van der Waals surface area contributed by atoms with Crippen molar-refractivity contribution in [3.63, 3.8) is 0 Å². The Kier molecular flexibility index (Phi) is 18.9. The smallest absolute Gasteiger partial charge is 0.326 e. The van der Waals surface area contributed by atoms with Crippen molar-refractivity contribution < 1.29 is 37.7 Å². The Hall–Kier alpha value is -7.29. The number of piperazine rings is 1. The lowest BCUT2D eigenvalue weighted by Crippen LogP contribution is -2.60. The van der Waals surface area contributed by atoms with Crippen molar-refractivity contribution in [2.75, 3.05) is 111 Å². The number of rotatable bonds is 18. The molecular weight excluding hydrogens is 1150 g/mol. The third kappa shape index (κ3) is 12.7. The van der Waals surface area contributed by atoms with E-state index < -0.39 is 16.9 Å². The van der Waals surface area contributed by atoms with Crippen molar-refractivity contribution in [3.05, 3.63) is 152 Å². The molecule has 0 unspecified atom stereocenters. The first kappa shape index (κ1) is 62.8. The molecule has 6 aromatic rings. The second-order valence-electron chi connectivity index (χ2n) is 24.2. The molecule has 18 nitrogen and oxygen atoms in total. The Bertz CT molecular complexity index is 3520. The molecule has 2 fully saturated rings. The number of carbonyl (C=O) groups is 3. The summed E-state index contributed by atoms with van der Waals surface area (Å²) in [5, 5.41) is 6.15. The second-order valence-corrected chi connectivity index (χ2v) is 25.0. The molecule has 2 aromatic heterocycles. The summed E-state index contributed by atoms with van der Waals surface area (Å²) in [7, 11) is 5.01. The average molecular weight is 1230 g/mol. The summed E-state index contributed by atoms with van der Waals surface area (Å²) in [6, 6.07) is 27.5. The lowest BCUT2D eigenvalue weighted by Gasteiger charge is -2.47. The minimum atomic E-state index is -1.04. The predicted molar refractivity (Wildman–Crippen MR) is 338 cm³/mol. The molecule has 3 atom stereocenters. The van der Waals surface area contributed by atoms with E-state index in [9.17, 15) is 14.0 Å². The number of halogens is 3. The number of aromatic nitrogens is 3. The van der Waals surface area contributed by atoms with Crippen LogP contribution in [-0.4, -0.2) is 163 Å². The number of fused-ring (bicyclic) bond motifs is 8. The predicted octanol–water partition coefficient (Wildman–Crippen LogP) is 10.8. The van der Waals surface area contributed by atoms with E-state index in [1.165, 1.54) is 12.1 Å². The van der Waals surface area contributed by atoms with Gasteiger partial charge in [-0.2, -0.15) is 5.10 Å². The van der Waals surface area contributed by atoms with Crippen LogP contribution in [0.2, 0.25) is 10.0 Å². The molecule has 10 rings (SSSR count). The molecule has 0 radical (unpaired) electrons. The van der Waals surface area contributed by atoms with Crippen molar-refractivity contribution in [1.82, 2.24) is 39.3 Å². The van der Waals surface area contributed by atoms with E-state index in [2.05, 4.69) is 61.5 Å². The highest BCUT2D eigenvalue weighted by Gasteiger charge is 2.60. The molecule has 4 aliphatic rings. The molecule has 2 saturated heterocycles. The number of ether oxygens (including phenoxy) is 4. The molecule has 4 aliphatic heterocycles. The molecule has 2 bridgehead atoms. The summed E-state index contributed by atoms with van der Waals surface area (Å²) < 4.78 is 40.8. The van der Waals surface area contributed by atoms with Crippen LogP contribution in [-0.2, 0) is 43.9 Å². The van der Waals surface area contributed by atoms with Gasteiger partial charge < -0.3 is 44.3 Å². The highest BCUT2D eigenvalue weighted by atomic mass is 35.5. The fourth-order valence-electron chi connectivity index (χ4n) is 12.5. The lowest BCUT2D eigenvalue weighted by molar-refractivity contribution is -0.131. The molecule has 6 heterocycles. The number of urea groups is 1. The zero-order valence-electron chi connectivity index (χ0n) is 51.4. The second kappa shape index (κ2) is 26.2. The third-order valence-corrected chi connectivity index (χ3v) is 18.2. The van der Waals surface area contributed by atoms with Gasteiger partial charge in [0.1, 0.15) is 34.3 Å². The maximum absolute atomic E-state index is 15.6. The maximum Gasteiger partial charge on any atom is 0.326 e. The number of pyridine rings is 1. The fourth-order valence-corrected chi connectivity index (χ4v) is 12.8. The van der Waals surface area contributed by atoms with E-state index in [-0.39, 0.29) is 48.9 Å². The summed E-state index contributed by atoms with van der Waals surface area (Å²) in [5.41, 5.74) is 11.6. The normalized spacial score (nSPS) is 19.7. The Balaban J connectivity index is 0.728. The molecule has 0 spiro atoms. The van der Waals surface area contributed by atoms with Gasteiger partial charge in [-0.25, -0.2) is 18.9 Å². The number of hydrogen-bond donors (Lipinski definition) is 1. The Morgan fingerprint density at radius 3 is 2.21 bits per heavy atom. The van der Waals surface area contributed by atoms with Crippen LogP contribution >= 0.6 is 23.2 Å². The van der Waals surface area contributed by atoms with Gasteiger partial charge in [-0.1, -0.05) is 74.3 Å². The minimum Gasteiger partial charge on any atom is -0.493 e. The van der Waals surface area contributed by atoms with E-state index in [1.54, 1.807) is 47.9 Å². The number of aliphatic imine (C=N–C) groups is 1. The van der Waals surface area contributed by atoms with Crippen molar-refractivity contribution in [2.45, 2.75) is 96.4 Å². The number of nitrogens with zero attached hydrogens (tertiary/aromatic N) is 10. The van der Waals surface area contributed by atoms with Gasteiger partial charge in [0.15, 0.2) is 0 Å². The van der Waals surface area contributed by atoms with Crippen LogP contribution in [0, 0.1) is 5.82 Å². The number of amides is 4. The van der Waals surface area contributed by atoms with Crippen LogP contribution in [0.3, 0.4) is 0 Å². The number of amidine groups is 1. The zero-order valence-corrected chi connectivity index (χ0v) is 52.9. The molecule has 462 valence electrons. The van der Waals surface area contributed by atoms with E-state index in [0.717, 1.165) is 35.1 Å². The van der Waals surface area contributed by atoms with Crippen LogP contribution in [0.1, 0.15) is 111 Å². The number of carbonyl (C=O) groups excluding carboxylic acids is 3. The highest BCUT2D eigenvalue weighted by molar-refractivity contribution is 6.30. The van der Waals surface area contributed by atoms with Crippen LogP contribution < -0.4 is 20.1 Å². The molecule has 2 N–H and O–H groups in total. The van der Waals surface area contributed by atoms with Crippen molar-refractivity contribution in [1.29, 1.82) is 0 Å². The molecular formula is C66H80Cl2FN11O7. The van der Waals surface area contributed by atoms with Crippen molar-refractivity contribution >= 4 is 58.4 Å². The van der Waals surface area contributed by atoms with Gasteiger partial charge in [-0.05, 0) is 122 Å². The number of hydrogen-bond acceptors (Lipinski definition) is 13. The molecule has 87 heavy (non-hydrogen) atoms. The number of nitrogens with two attached hydrogens (primary N) is 1. The molecule has 0 saturated carbocycles. The first-order valence-corrected chi connectivity index (χ1v) is 30.7. The number of nitrogen functional groups attached to an aromatic ring is 1. The highest BCUT2D eigenvalue weighted by Crippen LogP contribution is 2.54. The summed E-state index contributed by atoms with van der Waals surface area (Å²) in [4.78, 5) is 64.7. The van der Waals surface area contributed by atoms with Crippen LogP contribution in [0.5, 0.6) is 11.6 Å². The fraction of sp³-hybridized carbons (Fsp3) is 0.455. The maximum atomic E-state index is 15.6. The summed E-state index contributed by atoms with van der Waals surface area (Å²) in [6.45, 7) is 18.8. The minimum absolute atomic E-state index is 0.102. The van der Waals surface area contributed by atoms with Crippen LogP contribution in [0.4, 0.5) is 20.7 Å². The summed E-state index contributed by atoms with van der Waals surface area (Å²) >= 11 is 13.0. The summed E-state index contributed by atoms with van der Waals surface area (Å²) in [5.74, 6) is 1.18. The number of anilines is 2. The molecule has 0 aliphatic carbocycles. The van der Waals surface area contributed by atoms with E-state index >= 15 is 4.79 Å². The topological polar surface area (TPSA) is 177 Å². The number of likely N-dealkylation sites (N-methyl/N-ethyl adjacent to an activating group) is 1. The van der Waals surface area contributed by atoms with Gasteiger partial charge in [-0.3, -0.25) is 24.4 Å². The largest absolute Gasteiger partial charge is 0.493 e. The van der Waals surface area contributed by atoms with Crippen LogP contribution in [0.15, 0.2) is 102 Å². The monoisotopic (exact) mass is 1230 g/mol. The Morgan fingerprint density at radius 2 is 1.53 bits per heavy atom. The van der Waals surface area contributed by atoms with Gasteiger partial charge >= 0.3 is 6.03 Å². The van der Waals surface area contributed by atoms with Gasteiger partial charge in [0.05, 0.1) is 88.2 Å². The van der Waals surface area contributed by atoms with Gasteiger partial charge in [0.25, 0.3) is 5.91 Å². The van der Waals surface area contributed by atoms with E-state index in [1.807, 2.05) is 77.4 Å². The first-order chi connectivity index (χ1) is 41.6. The van der Waals surface area contributed by atoms with Gasteiger partial charge in [0.2, 0.25) is 11.8 Å². The zero-order chi connectivity index (χ0) is 62.0. The SMILES string of the molecule is CCOc1cc(C(C)(C)C)ccc1C1=N[C@@](C)(c2ccc(Cl)cc2)[C@@](C)(c2ccc(Cl)cc2)N1C(=O)N1CCN(CCOCCOCCC(=O)N(C)CCn2nc3c(c2OC)-c2cnc(N)c(c2)N2CCC[C@@H]2c2cc(F)ccc2C(=O)N(C)C3)CC1. The number of benzene rings is 4. The van der Waals surface area contributed by atoms with Crippen LogP contribution in [0.25, 0.3) is 11.1 Å². The lowest BCUT2D eigenvalue weighted by atomic mass is 9.71. The van der Waals surface area contributed by atoms with Gasteiger partial charge in [0, 0.05) is 87.3 Å². The van der Waals surface area contributed by atoms with E-state index in [0.29, 0.717) is 146 Å². The van der Waals surface area contributed by atoms with Crippen molar-refractivity contribution in [2.24, 2.45) is 4.99 Å². The standard InChI is InChI=1S/C66H80Cl2FN11O7/c1-10-87-56-39-46(64(2,3)4)17-23-51(56)60-72-65(5,44-13-18-47(67)19-14-44)66(6,45-15-20-48(68)21-16-45)80(60)63(83)77-30-28-76(29-31-77)33-35-86-37-36-85-34-25-57(81)74(7)27-32-79-62(84-9)58-43-38-55(59(70)71-41-43)78-26-11-12-54(78)52-40-49(69)22-24-50(52)61(82)75(8)42-53(58)73-79/h13-24,38-41,54H,10-12,25-37,42H2,1-9H3,(H2,70,71)/t54-,65+,66-/m1/s1. The van der Waals surface area contributed by atoms with E-state index in [4.69, 9.17) is 58.0 Å². The average Bonchev–Trinajstić information content (AvgIpc) is 1.56. The first-order valence-electron chi connectivity index (χ1n) is 30.0. The number of methoxy groups -OCH3 is 1. The van der Waals surface area contributed by atoms with Gasteiger partial charge in [-0.15, -0.1) is 0 Å². The Labute approximate surface area is 519 Å².